The number of nitrogens with one attached hydrogen (secondary N) is 1. The van der Waals surface area contributed by atoms with Crippen LogP contribution in [0.15, 0.2) is 28.7 Å². The molecule has 0 fully saturated rings. The Balaban J connectivity index is 2.25. The summed E-state index contributed by atoms with van der Waals surface area (Å²) in [5.41, 5.74) is 5.79. The third-order valence-electron chi connectivity index (χ3n) is 4.05. The van der Waals surface area contributed by atoms with Crippen molar-refractivity contribution in [3.05, 3.63) is 45.5 Å². The molecule has 1 aliphatic rings. The fourth-order valence-corrected chi connectivity index (χ4v) is 3.02. The molecule has 0 aliphatic carbocycles. The molecule has 1 aliphatic heterocycles. The van der Waals surface area contributed by atoms with E-state index in [9.17, 15) is 4.79 Å². The minimum atomic E-state index is -0.00208. The predicted octanol–water partition coefficient (Wildman–Crippen LogP) is 2.77. The summed E-state index contributed by atoms with van der Waals surface area (Å²) >= 11 is 0. The first-order valence-electron chi connectivity index (χ1n) is 7.09. The zero-order chi connectivity index (χ0) is 14.4. The first kappa shape index (κ1) is 13.0. The Labute approximate surface area is 118 Å². The number of allylic oxidation sites excluding steroid dienone is 1. The molecule has 3 rings (SSSR count). The summed E-state index contributed by atoms with van der Waals surface area (Å²) in [7, 11) is 0. The van der Waals surface area contributed by atoms with Gasteiger partial charge in [-0.15, -0.1) is 0 Å². The van der Waals surface area contributed by atoms with Gasteiger partial charge in [-0.05, 0) is 45.5 Å². The Morgan fingerprint density at radius 2 is 2.15 bits per heavy atom. The van der Waals surface area contributed by atoms with Crippen molar-refractivity contribution in [3.63, 3.8) is 0 Å². The molecule has 2 aromatic rings. The molecule has 4 nitrogen and oxygen atoms in total. The minimum Gasteiger partial charge on any atom is -0.369 e. The topological polar surface area (TPSA) is 41.0 Å². The van der Waals surface area contributed by atoms with E-state index in [1.165, 1.54) is 16.7 Å². The molecule has 1 atom stereocenters. The summed E-state index contributed by atoms with van der Waals surface area (Å²) in [5, 5.41) is 0. The van der Waals surface area contributed by atoms with Gasteiger partial charge in [-0.2, -0.15) is 0 Å². The van der Waals surface area contributed by atoms with Gasteiger partial charge < -0.3 is 9.88 Å². The Morgan fingerprint density at radius 1 is 1.40 bits per heavy atom. The molecule has 0 spiro atoms. The van der Waals surface area contributed by atoms with Crippen LogP contribution >= 0.6 is 0 Å². The predicted molar refractivity (Wildman–Crippen MR) is 81.7 cm³/mol. The van der Waals surface area contributed by atoms with Crippen molar-refractivity contribution in [2.75, 3.05) is 0 Å². The number of rotatable bonds is 1. The molecule has 0 bridgehead atoms. The van der Waals surface area contributed by atoms with Crippen LogP contribution in [0.5, 0.6) is 0 Å². The lowest BCUT2D eigenvalue weighted by atomic mass is 10.1. The Bertz CT molecular complexity index is 747. The van der Waals surface area contributed by atoms with Crippen LogP contribution in [0.1, 0.15) is 31.9 Å². The zero-order valence-electron chi connectivity index (χ0n) is 12.5. The van der Waals surface area contributed by atoms with Crippen LogP contribution in [0.4, 0.5) is 0 Å². The molecule has 1 aromatic carbocycles. The van der Waals surface area contributed by atoms with E-state index in [1.807, 2.05) is 10.6 Å². The SMILES string of the molecule is CC(C)=CN1Cc2c(C)ccc3[nH]c(=O)n(c23)C[C@@H]1C. The first-order valence-corrected chi connectivity index (χ1v) is 7.09. The van der Waals surface area contributed by atoms with Crippen molar-refractivity contribution < 1.29 is 0 Å². The molecular formula is C16H21N3O. The third kappa shape index (κ3) is 1.96. The van der Waals surface area contributed by atoms with Crippen LogP contribution < -0.4 is 5.69 Å². The lowest BCUT2D eigenvalue weighted by Gasteiger charge is -2.26. The second-order valence-electron chi connectivity index (χ2n) is 6.03. The highest BCUT2D eigenvalue weighted by atomic mass is 16.1. The van der Waals surface area contributed by atoms with Gasteiger partial charge in [0.2, 0.25) is 0 Å². The normalized spacial score (nSPS) is 18.2. The molecule has 0 saturated heterocycles. The highest BCUT2D eigenvalue weighted by molar-refractivity contribution is 5.80. The van der Waals surface area contributed by atoms with Gasteiger partial charge in [0.1, 0.15) is 0 Å². The van der Waals surface area contributed by atoms with Crippen molar-refractivity contribution in [2.24, 2.45) is 0 Å². The van der Waals surface area contributed by atoms with E-state index >= 15 is 0 Å². The lowest BCUT2D eigenvalue weighted by molar-refractivity contribution is 0.266. The number of hydrogen-bond donors (Lipinski definition) is 1. The van der Waals surface area contributed by atoms with Gasteiger partial charge in [-0.3, -0.25) is 4.57 Å². The largest absolute Gasteiger partial charge is 0.369 e. The van der Waals surface area contributed by atoms with E-state index in [1.54, 1.807) is 0 Å². The molecular weight excluding hydrogens is 250 g/mol. The van der Waals surface area contributed by atoms with E-state index < -0.39 is 0 Å². The van der Waals surface area contributed by atoms with Gasteiger partial charge in [-0.1, -0.05) is 11.6 Å². The lowest BCUT2D eigenvalue weighted by Crippen LogP contribution is -2.32. The number of benzene rings is 1. The molecule has 4 heteroatoms. The zero-order valence-corrected chi connectivity index (χ0v) is 12.5. The van der Waals surface area contributed by atoms with Gasteiger partial charge in [0.05, 0.1) is 11.0 Å². The van der Waals surface area contributed by atoms with Crippen LogP contribution in [-0.2, 0) is 13.1 Å². The van der Waals surface area contributed by atoms with Crippen molar-refractivity contribution >= 4 is 11.0 Å². The molecule has 1 aromatic heterocycles. The molecule has 0 saturated carbocycles. The average molecular weight is 271 g/mol. The van der Waals surface area contributed by atoms with Gasteiger partial charge in [0.15, 0.2) is 0 Å². The van der Waals surface area contributed by atoms with E-state index in [2.05, 4.69) is 49.8 Å². The van der Waals surface area contributed by atoms with Crippen LogP contribution in [0, 0.1) is 6.92 Å². The number of imidazole rings is 1. The molecule has 0 amide bonds. The van der Waals surface area contributed by atoms with Crippen molar-refractivity contribution in [1.82, 2.24) is 14.5 Å². The number of aromatic amines is 1. The second-order valence-corrected chi connectivity index (χ2v) is 6.03. The summed E-state index contributed by atoms with van der Waals surface area (Å²) in [6.07, 6.45) is 2.20. The van der Waals surface area contributed by atoms with Gasteiger partial charge >= 0.3 is 5.69 Å². The monoisotopic (exact) mass is 271 g/mol. The number of hydrogen-bond acceptors (Lipinski definition) is 2. The maximum atomic E-state index is 12.2. The summed E-state index contributed by atoms with van der Waals surface area (Å²) in [6.45, 7) is 10.1. The Kier molecular flexibility index (Phi) is 2.96. The molecule has 0 radical (unpaired) electrons. The van der Waals surface area contributed by atoms with Gasteiger partial charge in [0, 0.05) is 24.7 Å². The standard InChI is InChI=1S/C16H21N3O/c1-10(2)7-18-9-13-11(3)5-6-14-15(13)19(8-12(18)4)16(20)17-14/h5-7,12H,8-9H2,1-4H3,(H,17,20)/t12-/m0/s1. The fourth-order valence-electron chi connectivity index (χ4n) is 3.02. The maximum absolute atomic E-state index is 12.2. The van der Waals surface area contributed by atoms with Crippen LogP contribution in [0.25, 0.3) is 11.0 Å². The quantitative estimate of drug-likeness (QED) is 0.866. The molecule has 20 heavy (non-hydrogen) atoms. The smallest absolute Gasteiger partial charge is 0.326 e. The van der Waals surface area contributed by atoms with E-state index in [4.69, 9.17) is 0 Å². The summed E-state index contributed by atoms with van der Waals surface area (Å²) in [6, 6.07) is 4.40. The highest BCUT2D eigenvalue weighted by Crippen LogP contribution is 2.26. The minimum absolute atomic E-state index is 0.00208. The van der Waals surface area contributed by atoms with Crippen LogP contribution in [0.3, 0.4) is 0 Å². The Morgan fingerprint density at radius 3 is 2.85 bits per heavy atom. The van der Waals surface area contributed by atoms with Gasteiger partial charge in [0.25, 0.3) is 0 Å². The first-order chi connectivity index (χ1) is 9.47. The van der Waals surface area contributed by atoms with E-state index in [0.717, 1.165) is 24.1 Å². The third-order valence-corrected chi connectivity index (χ3v) is 4.05. The maximum Gasteiger partial charge on any atom is 0.326 e. The summed E-state index contributed by atoms with van der Waals surface area (Å²) in [4.78, 5) is 17.5. The van der Waals surface area contributed by atoms with Crippen molar-refractivity contribution in [3.8, 4) is 0 Å². The van der Waals surface area contributed by atoms with Gasteiger partial charge in [-0.25, -0.2) is 4.79 Å². The summed E-state index contributed by atoms with van der Waals surface area (Å²) < 4.78 is 1.89. The number of H-pyrrole nitrogens is 1. The second kappa shape index (κ2) is 4.54. The van der Waals surface area contributed by atoms with E-state index in [-0.39, 0.29) is 5.69 Å². The number of aryl methyl sites for hydroxylation is 1. The molecule has 106 valence electrons. The number of nitrogens with zero attached hydrogens (tertiary/aromatic N) is 2. The summed E-state index contributed by atoms with van der Waals surface area (Å²) in [5.74, 6) is 0. The molecule has 1 N–H and O–H groups in total. The van der Waals surface area contributed by atoms with Crippen LogP contribution in [0.2, 0.25) is 0 Å². The average Bonchev–Trinajstić information content (AvgIpc) is 2.59. The fraction of sp³-hybridized carbons (Fsp3) is 0.438. The Hall–Kier alpha value is -1.97. The highest BCUT2D eigenvalue weighted by Gasteiger charge is 2.23. The van der Waals surface area contributed by atoms with Crippen molar-refractivity contribution in [1.29, 1.82) is 0 Å². The number of aromatic nitrogens is 2. The van der Waals surface area contributed by atoms with Crippen LogP contribution in [-0.4, -0.2) is 20.5 Å². The van der Waals surface area contributed by atoms with E-state index in [0.29, 0.717) is 6.04 Å². The van der Waals surface area contributed by atoms with Crippen molar-refractivity contribution in [2.45, 2.75) is 46.8 Å². The molecule has 2 heterocycles. The molecule has 0 unspecified atom stereocenters.